The van der Waals surface area contributed by atoms with Crippen LogP contribution < -0.4 is 14.2 Å². The zero-order valence-electron chi connectivity index (χ0n) is 17.6. The average Bonchev–Trinajstić information content (AvgIpc) is 3.01. The number of amides is 1. The molecule has 5 nitrogen and oxygen atoms in total. The third-order valence-corrected chi connectivity index (χ3v) is 6.44. The molecule has 1 fully saturated rings. The summed E-state index contributed by atoms with van der Waals surface area (Å²) in [5.41, 5.74) is 2.02. The number of thiocarbonyl (C=S) groups is 1. The number of halogens is 1. The van der Waals surface area contributed by atoms with Crippen molar-refractivity contribution in [1.82, 2.24) is 4.90 Å². The lowest BCUT2D eigenvalue weighted by atomic mass is 10.1. The van der Waals surface area contributed by atoms with Crippen LogP contribution in [0.1, 0.15) is 24.5 Å². The predicted octanol–water partition coefficient (Wildman–Crippen LogP) is 5.59. The van der Waals surface area contributed by atoms with E-state index in [4.69, 9.17) is 38.0 Å². The monoisotopic (exact) mass is 477 g/mol. The maximum absolute atomic E-state index is 12.2. The molecule has 1 heterocycles. The van der Waals surface area contributed by atoms with E-state index in [0.717, 1.165) is 17.7 Å². The van der Waals surface area contributed by atoms with Gasteiger partial charge in [0.15, 0.2) is 11.5 Å². The first-order chi connectivity index (χ1) is 14.9. The largest absolute Gasteiger partial charge is 0.493 e. The van der Waals surface area contributed by atoms with Gasteiger partial charge in [0.2, 0.25) is 0 Å². The van der Waals surface area contributed by atoms with Crippen molar-refractivity contribution in [3.63, 3.8) is 0 Å². The van der Waals surface area contributed by atoms with Gasteiger partial charge in [-0.15, -0.1) is 0 Å². The van der Waals surface area contributed by atoms with E-state index < -0.39 is 0 Å². The molecule has 2 aromatic carbocycles. The SMILES string of the molecule is CCc1ccc(OCCCOc2c(Cl)cc(C=C3SC(=S)N(C)C3=O)cc2OC)cc1. The number of rotatable bonds is 9. The molecule has 0 bridgehead atoms. The number of benzene rings is 2. The maximum atomic E-state index is 12.2. The zero-order chi connectivity index (χ0) is 22.4. The van der Waals surface area contributed by atoms with Gasteiger partial charge in [-0.1, -0.05) is 54.6 Å². The molecule has 1 amide bonds. The Morgan fingerprint density at radius 2 is 1.87 bits per heavy atom. The fourth-order valence-electron chi connectivity index (χ4n) is 2.90. The normalized spacial score (nSPS) is 15.0. The molecule has 2 aromatic rings. The molecule has 8 heteroatoms. The molecular weight excluding hydrogens is 454 g/mol. The number of ether oxygens (including phenoxy) is 3. The smallest absolute Gasteiger partial charge is 0.265 e. The number of carbonyl (C=O) groups excluding carboxylic acids is 1. The van der Waals surface area contributed by atoms with Gasteiger partial charge < -0.3 is 14.2 Å². The van der Waals surface area contributed by atoms with Gasteiger partial charge in [-0.25, -0.2) is 0 Å². The van der Waals surface area contributed by atoms with Crippen molar-refractivity contribution in [3.8, 4) is 17.2 Å². The standard InChI is InChI=1S/C23H24ClNO4S2/c1-4-15-6-8-17(9-7-15)28-10-5-11-29-21-18(24)12-16(13-19(21)27-3)14-20-22(26)25(2)23(30)31-20/h6-9,12-14H,4-5,10-11H2,1-3H3. The van der Waals surface area contributed by atoms with E-state index >= 15 is 0 Å². The predicted molar refractivity (Wildman–Crippen MR) is 130 cm³/mol. The Balaban J connectivity index is 1.58. The van der Waals surface area contributed by atoms with Crippen molar-refractivity contribution in [2.45, 2.75) is 19.8 Å². The van der Waals surface area contributed by atoms with Crippen molar-refractivity contribution < 1.29 is 19.0 Å². The van der Waals surface area contributed by atoms with Gasteiger partial charge in [-0.2, -0.15) is 0 Å². The van der Waals surface area contributed by atoms with Crippen LogP contribution in [0, 0.1) is 0 Å². The molecule has 0 aromatic heterocycles. The number of thioether (sulfide) groups is 1. The second-order valence-electron chi connectivity index (χ2n) is 6.82. The minimum Gasteiger partial charge on any atom is -0.493 e. The first kappa shape index (κ1) is 23.4. The van der Waals surface area contributed by atoms with E-state index in [1.54, 1.807) is 32.4 Å². The third kappa shape index (κ3) is 5.93. The molecule has 164 valence electrons. The summed E-state index contributed by atoms with van der Waals surface area (Å²) in [7, 11) is 3.21. The van der Waals surface area contributed by atoms with Crippen molar-refractivity contribution in [1.29, 1.82) is 0 Å². The van der Waals surface area contributed by atoms with Gasteiger partial charge in [0.25, 0.3) is 5.91 Å². The lowest BCUT2D eigenvalue weighted by Crippen LogP contribution is -2.22. The van der Waals surface area contributed by atoms with Crippen molar-refractivity contribution >= 4 is 51.9 Å². The van der Waals surface area contributed by atoms with E-state index in [-0.39, 0.29) is 5.91 Å². The van der Waals surface area contributed by atoms with E-state index in [2.05, 4.69) is 19.1 Å². The summed E-state index contributed by atoms with van der Waals surface area (Å²) in [6.45, 7) is 3.08. The van der Waals surface area contributed by atoms with E-state index in [9.17, 15) is 4.79 Å². The molecule has 0 unspecified atom stereocenters. The fourth-order valence-corrected chi connectivity index (χ4v) is 4.36. The first-order valence-corrected chi connectivity index (χ1v) is 11.5. The third-order valence-electron chi connectivity index (χ3n) is 4.67. The Labute approximate surface area is 197 Å². The van der Waals surface area contributed by atoms with Gasteiger partial charge in [0.1, 0.15) is 10.1 Å². The zero-order valence-corrected chi connectivity index (χ0v) is 20.0. The second kappa shape index (κ2) is 10.9. The van der Waals surface area contributed by atoms with E-state index in [1.165, 1.54) is 22.2 Å². The van der Waals surface area contributed by atoms with Gasteiger partial charge in [-0.05, 0) is 47.9 Å². The number of nitrogens with zero attached hydrogens (tertiary/aromatic N) is 1. The number of aryl methyl sites for hydroxylation is 1. The van der Waals surface area contributed by atoms with Crippen molar-refractivity contribution in [2.24, 2.45) is 0 Å². The molecule has 31 heavy (non-hydrogen) atoms. The molecule has 0 saturated carbocycles. The summed E-state index contributed by atoms with van der Waals surface area (Å²) in [4.78, 5) is 14.2. The van der Waals surface area contributed by atoms with E-state index in [0.29, 0.717) is 45.4 Å². The summed E-state index contributed by atoms with van der Waals surface area (Å²) in [6, 6.07) is 11.6. The second-order valence-corrected chi connectivity index (χ2v) is 8.91. The lowest BCUT2D eigenvalue weighted by Gasteiger charge is -2.14. The Morgan fingerprint density at radius 3 is 2.48 bits per heavy atom. The van der Waals surface area contributed by atoms with Crippen LogP contribution >= 0.6 is 35.6 Å². The highest BCUT2D eigenvalue weighted by atomic mass is 35.5. The highest BCUT2D eigenvalue weighted by Crippen LogP contribution is 2.38. The van der Waals surface area contributed by atoms with Crippen LogP contribution in [0.3, 0.4) is 0 Å². The van der Waals surface area contributed by atoms with Crippen molar-refractivity contribution in [3.05, 3.63) is 57.5 Å². The molecule has 1 aliphatic heterocycles. The van der Waals surface area contributed by atoms with Gasteiger partial charge in [0.05, 0.1) is 30.3 Å². The molecule has 0 atom stereocenters. The molecule has 3 rings (SSSR count). The quantitative estimate of drug-likeness (QED) is 0.266. The van der Waals surface area contributed by atoms with Crippen molar-refractivity contribution in [2.75, 3.05) is 27.4 Å². The number of carbonyl (C=O) groups is 1. The van der Waals surface area contributed by atoms with Crippen LogP contribution in [0.2, 0.25) is 5.02 Å². The van der Waals surface area contributed by atoms with Gasteiger partial charge in [-0.3, -0.25) is 9.69 Å². The van der Waals surface area contributed by atoms with Crippen LogP contribution in [0.25, 0.3) is 6.08 Å². The van der Waals surface area contributed by atoms with Crippen LogP contribution in [-0.4, -0.2) is 42.5 Å². The average molecular weight is 478 g/mol. The Bertz CT molecular complexity index is 992. The summed E-state index contributed by atoms with van der Waals surface area (Å²) >= 11 is 12.9. The summed E-state index contributed by atoms with van der Waals surface area (Å²) in [5, 5.41) is 0.411. The highest BCUT2D eigenvalue weighted by molar-refractivity contribution is 8.26. The van der Waals surface area contributed by atoms with Crippen LogP contribution in [0.5, 0.6) is 17.2 Å². The van der Waals surface area contributed by atoms with Crippen LogP contribution in [0.4, 0.5) is 0 Å². The fraction of sp³-hybridized carbons (Fsp3) is 0.304. The molecule has 0 aliphatic carbocycles. The topological polar surface area (TPSA) is 48.0 Å². The minimum atomic E-state index is -0.130. The first-order valence-electron chi connectivity index (χ1n) is 9.86. The Morgan fingerprint density at radius 1 is 1.16 bits per heavy atom. The summed E-state index contributed by atoms with van der Waals surface area (Å²) < 4.78 is 17.6. The summed E-state index contributed by atoms with van der Waals surface area (Å²) in [6.07, 6.45) is 3.45. The molecule has 0 N–H and O–H groups in total. The highest BCUT2D eigenvalue weighted by Gasteiger charge is 2.28. The maximum Gasteiger partial charge on any atom is 0.265 e. The number of methoxy groups -OCH3 is 1. The molecular formula is C23H24ClNO4S2. The van der Waals surface area contributed by atoms with Gasteiger partial charge in [0, 0.05) is 13.5 Å². The Hall–Kier alpha value is -2.22. The molecule has 1 saturated heterocycles. The number of hydrogen-bond donors (Lipinski definition) is 0. The van der Waals surface area contributed by atoms with E-state index in [1.807, 2.05) is 12.1 Å². The van der Waals surface area contributed by atoms with Gasteiger partial charge >= 0.3 is 0 Å². The number of hydrogen-bond acceptors (Lipinski definition) is 6. The molecule has 0 spiro atoms. The summed E-state index contributed by atoms with van der Waals surface area (Å²) in [5.74, 6) is 1.68. The van der Waals surface area contributed by atoms with Crippen LogP contribution in [-0.2, 0) is 11.2 Å². The minimum absolute atomic E-state index is 0.130. The number of likely N-dealkylation sites (N-methyl/N-ethyl adjacent to an activating group) is 1. The molecule has 0 radical (unpaired) electrons. The lowest BCUT2D eigenvalue weighted by molar-refractivity contribution is -0.121. The molecule has 1 aliphatic rings. The van der Waals surface area contributed by atoms with Crippen LogP contribution in [0.15, 0.2) is 41.3 Å². The Kier molecular flexibility index (Phi) is 8.23.